The lowest BCUT2D eigenvalue weighted by Crippen LogP contribution is -2.19. The maximum Gasteiger partial charge on any atom is 0.166 e. The Kier molecular flexibility index (Phi) is 2.52. The van der Waals surface area contributed by atoms with Crippen molar-refractivity contribution in [3.8, 4) is 6.07 Å². The van der Waals surface area contributed by atoms with Crippen LogP contribution in [0.25, 0.3) is 0 Å². The zero-order chi connectivity index (χ0) is 10.9. The van der Waals surface area contributed by atoms with Gasteiger partial charge in [-0.3, -0.25) is 0 Å². The van der Waals surface area contributed by atoms with Crippen LogP contribution in [0.4, 0.5) is 13.2 Å². The second-order valence-corrected chi connectivity index (χ2v) is 3.45. The van der Waals surface area contributed by atoms with Crippen molar-refractivity contribution in [1.82, 2.24) is 0 Å². The molecule has 0 bridgehead atoms. The van der Waals surface area contributed by atoms with Gasteiger partial charge >= 0.3 is 0 Å². The molecule has 0 heterocycles. The molecule has 0 fully saturated rings. The highest BCUT2D eigenvalue weighted by atomic mass is 19.2. The molecular weight excluding hydrogens is 191 g/mol. The normalized spacial score (nSPS) is 11.1. The molecule has 14 heavy (non-hydrogen) atoms. The largest absolute Gasteiger partial charge is 0.207 e. The minimum Gasteiger partial charge on any atom is -0.207 e. The molecule has 1 aromatic carbocycles. The average molecular weight is 199 g/mol. The van der Waals surface area contributed by atoms with Crippen LogP contribution in [-0.4, -0.2) is 0 Å². The van der Waals surface area contributed by atoms with E-state index in [-0.39, 0.29) is 0 Å². The van der Waals surface area contributed by atoms with Crippen molar-refractivity contribution in [3.05, 3.63) is 35.1 Å². The van der Waals surface area contributed by atoms with Crippen LogP contribution in [0.5, 0.6) is 0 Å². The maximum absolute atomic E-state index is 13.2. The van der Waals surface area contributed by atoms with Crippen LogP contribution in [0, 0.1) is 28.8 Å². The van der Waals surface area contributed by atoms with Gasteiger partial charge in [0.2, 0.25) is 0 Å². The van der Waals surface area contributed by atoms with E-state index in [1.54, 1.807) is 6.07 Å². The van der Waals surface area contributed by atoms with Gasteiger partial charge in [0.15, 0.2) is 11.6 Å². The number of hydrogen-bond donors (Lipinski definition) is 0. The Hall–Kier alpha value is -1.50. The molecule has 0 saturated heterocycles. The molecule has 0 aromatic heterocycles. The number of halogens is 3. The third-order valence-electron chi connectivity index (χ3n) is 1.95. The monoisotopic (exact) mass is 199 g/mol. The van der Waals surface area contributed by atoms with Crippen LogP contribution >= 0.6 is 0 Å². The van der Waals surface area contributed by atoms with Crippen molar-refractivity contribution in [3.63, 3.8) is 0 Å². The third-order valence-corrected chi connectivity index (χ3v) is 1.95. The highest BCUT2D eigenvalue weighted by Gasteiger charge is 2.29. The molecule has 0 N–H and O–H groups in total. The molecule has 1 nitrogen and oxygen atoms in total. The van der Waals surface area contributed by atoms with Crippen molar-refractivity contribution in [2.24, 2.45) is 0 Å². The molecule has 74 valence electrons. The molecule has 0 radical (unpaired) electrons. The van der Waals surface area contributed by atoms with Crippen molar-refractivity contribution in [2.45, 2.75) is 19.3 Å². The molecule has 0 amide bonds. The van der Waals surface area contributed by atoms with Crippen LogP contribution in [-0.2, 0) is 5.41 Å². The first-order valence-electron chi connectivity index (χ1n) is 3.95. The number of rotatable bonds is 1. The van der Waals surface area contributed by atoms with Crippen LogP contribution in [0.3, 0.4) is 0 Å². The molecule has 0 aliphatic heterocycles. The SMILES string of the molecule is CC(C)(C#N)c1c(F)ccc(F)c1F. The number of benzene rings is 1. The van der Waals surface area contributed by atoms with Crippen LogP contribution < -0.4 is 0 Å². The van der Waals surface area contributed by atoms with Crippen molar-refractivity contribution < 1.29 is 13.2 Å². The summed E-state index contributed by atoms with van der Waals surface area (Å²) in [7, 11) is 0. The summed E-state index contributed by atoms with van der Waals surface area (Å²) in [6, 6.07) is 3.23. The second-order valence-electron chi connectivity index (χ2n) is 3.45. The summed E-state index contributed by atoms with van der Waals surface area (Å²) in [5.74, 6) is -3.35. The van der Waals surface area contributed by atoms with Gasteiger partial charge < -0.3 is 0 Å². The highest BCUT2D eigenvalue weighted by molar-refractivity contribution is 5.33. The van der Waals surface area contributed by atoms with Gasteiger partial charge in [0, 0.05) is 5.56 Å². The first-order chi connectivity index (χ1) is 6.40. The summed E-state index contributed by atoms with van der Waals surface area (Å²) in [5, 5.41) is 8.68. The summed E-state index contributed by atoms with van der Waals surface area (Å²) < 4.78 is 39.1. The Balaban J connectivity index is 3.49. The Morgan fingerprint density at radius 1 is 1.14 bits per heavy atom. The van der Waals surface area contributed by atoms with E-state index in [0.29, 0.717) is 6.07 Å². The second kappa shape index (κ2) is 3.33. The summed E-state index contributed by atoms with van der Waals surface area (Å²) in [6.07, 6.45) is 0. The van der Waals surface area contributed by atoms with Crippen LogP contribution in [0.2, 0.25) is 0 Å². The fraction of sp³-hybridized carbons (Fsp3) is 0.300. The van der Waals surface area contributed by atoms with E-state index in [9.17, 15) is 13.2 Å². The molecule has 0 saturated carbocycles. The quantitative estimate of drug-likeness (QED) is 0.638. The zero-order valence-corrected chi connectivity index (χ0v) is 7.74. The van der Waals surface area contributed by atoms with Crippen molar-refractivity contribution in [2.75, 3.05) is 0 Å². The average Bonchev–Trinajstić information content (AvgIpc) is 2.12. The summed E-state index contributed by atoms with van der Waals surface area (Å²) in [6.45, 7) is 2.65. The lowest BCUT2D eigenvalue weighted by atomic mass is 9.85. The lowest BCUT2D eigenvalue weighted by Gasteiger charge is -2.17. The summed E-state index contributed by atoms with van der Waals surface area (Å²) in [5.41, 5.74) is -1.91. The van der Waals surface area contributed by atoms with E-state index in [0.717, 1.165) is 6.07 Å². The maximum atomic E-state index is 13.2. The van der Waals surface area contributed by atoms with E-state index in [4.69, 9.17) is 5.26 Å². The third kappa shape index (κ3) is 1.58. The van der Waals surface area contributed by atoms with Crippen LogP contribution in [0.15, 0.2) is 12.1 Å². The van der Waals surface area contributed by atoms with Crippen molar-refractivity contribution in [1.29, 1.82) is 5.26 Å². The molecule has 0 atom stereocenters. The van der Waals surface area contributed by atoms with Gasteiger partial charge in [-0.05, 0) is 26.0 Å². The van der Waals surface area contributed by atoms with Gasteiger partial charge in [0.05, 0.1) is 11.5 Å². The fourth-order valence-corrected chi connectivity index (χ4v) is 1.16. The molecular formula is C10H8F3N. The Labute approximate surface area is 79.8 Å². The molecule has 1 rings (SSSR count). The minimum atomic E-state index is -1.38. The lowest BCUT2D eigenvalue weighted by molar-refractivity contribution is 0.455. The fourth-order valence-electron chi connectivity index (χ4n) is 1.16. The number of nitriles is 1. The molecule has 0 spiro atoms. The van der Waals surface area contributed by atoms with Gasteiger partial charge in [-0.15, -0.1) is 0 Å². The van der Waals surface area contributed by atoms with Crippen LogP contribution in [0.1, 0.15) is 19.4 Å². The number of hydrogen-bond acceptors (Lipinski definition) is 1. The summed E-state index contributed by atoms with van der Waals surface area (Å²) in [4.78, 5) is 0. The highest BCUT2D eigenvalue weighted by Crippen LogP contribution is 2.28. The zero-order valence-electron chi connectivity index (χ0n) is 7.74. The summed E-state index contributed by atoms with van der Waals surface area (Å²) >= 11 is 0. The van der Waals surface area contributed by atoms with Gasteiger partial charge in [-0.1, -0.05) is 0 Å². The van der Waals surface area contributed by atoms with E-state index in [2.05, 4.69) is 0 Å². The predicted molar refractivity (Wildman–Crippen MR) is 45.0 cm³/mol. The van der Waals surface area contributed by atoms with Gasteiger partial charge in [0.1, 0.15) is 5.82 Å². The molecule has 0 unspecified atom stereocenters. The van der Waals surface area contributed by atoms with Gasteiger partial charge in [-0.25, -0.2) is 13.2 Å². The number of nitrogens with zero attached hydrogens (tertiary/aromatic N) is 1. The smallest absolute Gasteiger partial charge is 0.166 e. The van der Waals surface area contributed by atoms with E-state index in [1.807, 2.05) is 0 Å². The van der Waals surface area contributed by atoms with Crippen molar-refractivity contribution >= 4 is 0 Å². The van der Waals surface area contributed by atoms with E-state index >= 15 is 0 Å². The Bertz CT molecular complexity index is 405. The van der Waals surface area contributed by atoms with Gasteiger partial charge in [-0.2, -0.15) is 5.26 Å². The molecule has 1 aromatic rings. The first-order valence-corrected chi connectivity index (χ1v) is 3.95. The minimum absolute atomic E-state index is 0.528. The Morgan fingerprint density at radius 3 is 2.14 bits per heavy atom. The first kappa shape index (κ1) is 10.6. The van der Waals surface area contributed by atoms with E-state index in [1.165, 1.54) is 13.8 Å². The molecule has 0 aliphatic rings. The van der Waals surface area contributed by atoms with E-state index < -0.39 is 28.4 Å². The topological polar surface area (TPSA) is 23.8 Å². The standard InChI is InChI=1S/C10H8F3N/c1-10(2,5-14)8-6(11)3-4-7(12)9(8)13/h3-4H,1-2H3. The predicted octanol–water partition coefficient (Wildman–Crippen LogP) is 2.91. The van der Waals surface area contributed by atoms with Gasteiger partial charge in [0.25, 0.3) is 0 Å². The molecule has 0 aliphatic carbocycles. The Morgan fingerprint density at radius 2 is 1.64 bits per heavy atom. The molecule has 4 heteroatoms.